The number of carbonyl (C=O) groups is 1. The summed E-state index contributed by atoms with van der Waals surface area (Å²) >= 11 is 0. The molecule has 0 radical (unpaired) electrons. The molecule has 0 aliphatic carbocycles. The van der Waals surface area contributed by atoms with Gasteiger partial charge in [0.2, 0.25) is 0 Å². The number of hydrogen-bond acceptors (Lipinski definition) is 8. The van der Waals surface area contributed by atoms with Gasteiger partial charge in [-0.15, -0.1) is 6.58 Å². The highest BCUT2D eigenvalue weighted by Gasteiger charge is 2.33. The summed E-state index contributed by atoms with van der Waals surface area (Å²) in [6.45, 7) is 21.5. The highest BCUT2D eigenvalue weighted by atomic mass is 19.1. The van der Waals surface area contributed by atoms with Crippen LogP contribution in [0.5, 0.6) is 5.75 Å². The van der Waals surface area contributed by atoms with Crippen LogP contribution < -0.4 is 15.3 Å². The van der Waals surface area contributed by atoms with Gasteiger partial charge in [0.05, 0.1) is 28.4 Å². The van der Waals surface area contributed by atoms with E-state index in [1.54, 1.807) is 63.1 Å². The third-order valence-corrected chi connectivity index (χ3v) is 8.37. The topological polar surface area (TPSA) is 103 Å². The Hall–Kier alpha value is -5.13. The van der Waals surface area contributed by atoms with Gasteiger partial charge in [0.25, 0.3) is 0 Å². The van der Waals surface area contributed by atoms with E-state index in [0.717, 1.165) is 0 Å². The Balaban J connectivity index is 1.77. The molecular formula is C38H44F2N6O4. The van der Waals surface area contributed by atoms with Crippen molar-refractivity contribution >= 4 is 29.0 Å². The molecule has 10 nitrogen and oxygen atoms in total. The highest BCUT2D eigenvalue weighted by Crippen LogP contribution is 2.38. The number of anilines is 1. The molecule has 0 bridgehead atoms. The van der Waals surface area contributed by atoms with Crippen molar-refractivity contribution in [3.63, 3.8) is 0 Å². The molecule has 1 amide bonds. The van der Waals surface area contributed by atoms with Gasteiger partial charge >= 0.3 is 11.8 Å². The van der Waals surface area contributed by atoms with Crippen LogP contribution in [0.1, 0.15) is 72.1 Å². The van der Waals surface area contributed by atoms with Crippen LogP contribution in [0.3, 0.4) is 0 Å². The first-order valence-corrected chi connectivity index (χ1v) is 16.7. The molecule has 12 heteroatoms. The monoisotopic (exact) mass is 686 g/mol. The van der Waals surface area contributed by atoms with Crippen molar-refractivity contribution in [2.45, 2.75) is 78.6 Å². The Bertz CT molecular complexity index is 2000. The molecule has 4 aromatic rings. The molecule has 3 aromatic heterocycles. The van der Waals surface area contributed by atoms with Gasteiger partial charge in [-0.1, -0.05) is 38.6 Å². The van der Waals surface area contributed by atoms with Crippen molar-refractivity contribution in [1.29, 1.82) is 0 Å². The quantitative estimate of drug-likeness (QED) is 0.165. The van der Waals surface area contributed by atoms with Gasteiger partial charge in [0.1, 0.15) is 28.7 Å². The second kappa shape index (κ2) is 14.4. The van der Waals surface area contributed by atoms with Crippen molar-refractivity contribution in [1.82, 2.24) is 24.4 Å². The van der Waals surface area contributed by atoms with Crippen LogP contribution in [0.25, 0.3) is 34.1 Å². The molecule has 0 spiro atoms. The van der Waals surface area contributed by atoms with Crippen molar-refractivity contribution < 1.29 is 23.0 Å². The number of rotatable bonds is 9. The number of fused-ring (bicyclic) bond motifs is 1. The second-order valence-electron chi connectivity index (χ2n) is 13.8. The fraction of sp³-hybridized carbons (Fsp3) is 0.395. The molecule has 50 heavy (non-hydrogen) atoms. The Kier molecular flexibility index (Phi) is 10.4. The van der Waals surface area contributed by atoms with Gasteiger partial charge in [-0.2, -0.15) is 4.98 Å². The van der Waals surface area contributed by atoms with E-state index in [-0.39, 0.29) is 71.6 Å². The molecule has 264 valence electrons. The first-order chi connectivity index (χ1) is 23.6. The van der Waals surface area contributed by atoms with Crippen LogP contribution in [0.4, 0.5) is 19.4 Å². The minimum Gasteiger partial charge on any atom is -0.490 e. The molecule has 1 aromatic carbocycles. The summed E-state index contributed by atoms with van der Waals surface area (Å²) in [4.78, 5) is 44.5. The number of pyridine rings is 2. The highest BCUT2D eigenvalue weighted by molar-refractivity contribution is 5.91. The Morgan fingerprint density at radius 2 is 1.84 bits per heavy atom. The van der Waals surface area contributed by atoms with E-state index in [0.29, 0.717) is 23.4 Å². The van der Waals surface area contributed by atoms with E-state index >= 15 is 8.78 Å². The van der Waals surface area contributed by atoms with Crippen LogP contribution >= 0.6 is 0 Å². The van der Waals surface area contributed by atoms with E-state index in [2.05, 4.69) is 23.1 Å². The van der Waals surface area contributed by atoms with Gasteiger partial charge in [-0.05, 0) is 64.8 Å². The summed E-state index contributed by atoms with van der Waals surface area (Å²) in [5.41, 5.74) is -0.282. The van der Waals surface area contributed by atoms with Gasteiger partial charge in [-0.3, -0.25) is 4.98 Å². The lowest BCUT2D eigenvalue weighted by atomic mass is 10.0. The zero-order valence-corrected chi connectivity index (χ0v) is 29.7. The van der Waals surface area contributed by atoms with E-state index in [1.165, 1.54) is 22.8 Å². The molecule has 1 unspecified atom stereocenters. The first-order valence-electron chi connectivity index (χ1n) is 16.7. The number of aromatic nitrogens is 4. The molecule has 5 rings (SSSR count). The van der Waals surface area contributed by atoms with E-state index in [1.807, 2.05) is 25.7 Å². The zero-order valence-electron chi connectivity index (χ0n) is 29.7. The molecule has 4 heterocycles. The van der Waals surface area contributed by atoms with E-state index in [9.17, 15) is 9.59 Å². The van der Waals surface area contributed by atoms with Crippen molar-refractivity contribution in [2.75, 3.05) is 24.5 Å². The van der Waals surface area contributed by atoms with Crippen molar-refractivity contribution in [3.05, 3.63) is 89.1 Å². The average Bonchev–Trinajstić information content (AvgIpc) is 3.04. The van der Waals surface area contributed by atoms with Crippen LogP contribution in [-0.4, -0.2) is 67.9 Å². The molecular weight excluding hydrogens is 642 g/mol. The molecule has 0 N–H and O–H groups in total. The fourth-order valence-corrected chi connectivity index (χ4v) is 6.11. The van der Waals surface area contributed by atoms with Gasteiger partial charge < -0.3 is 19.3 Å². The second-order valence-corrected chi connectivity index (χ2v) is 13.8. The van der Waals surface area contributed by atoms with Crippen LogP contribution in [-0.2, 0) is 4.74 Å². The summed E-state index contributed by atoms with van der Waals surface area (Å²) in [6, 6.07) is 6.84. The largest absolute Gasteiger partial charge is 0.490 e. The normalized spacial score (nSPS) is 15.7. The molecule has 0 saturated carbocycles. The fourth-order valence-electron chi connectivity index (χ4n) is 6.11. The van der Waals surface area contributed by atoms with Gasteiger partial charge in [0.15, 0.2) is 11.5 Å². The van der Waals surface area contributed by atoms with Crippen LogP contribution in [0.15, 0.2) is 60.6 Å². The number of nitrogens with zero attached hydrogens (tertiary/aromatic N) is 6. The molecule has 2 atom stereocenters. The minimum absolute atomic E-state index is 0.0458. The number of halogens is 2. The molecule has 1 fully saturated rings. The Labute approximate surface area is 291 Å². The summed E-state index contributed by atoms with van der Waals surface area (Å²) in [5.74, 6) is -1.43. The Morgan fingerprint density at radius 3 is 2.48 bits per heavy atom. The average molecular weight is 687 g/mol. The van der Waals surface area contributed by atoms with Crippen LogP contribution in [0, 0.1) is 11.6 Å². The number of carbonyl (C=O) groups excluding carboxylic acids is 1. The lowest BCUT2D eigenvalue weighted by Gasteiger charge is -2.41. The number of piperazine rings is 1. The number of hydrogen-bond donors (Lipinski definition) is 0. The zero-order chi connectivity index (χ0) is 36.5. The predicted molar refractivity (Wildman–Crippen MR) is 192 cm³/mol. The lowest BCUT2D eigenvalue weighted by molar-refractivity contribution is 0.0218. The minimum atomic E-state index is -0.837. The van der Waals surface area contributed by atoms with Crippen molar-refractivity contribution in [3.8, 4) is 22.7 Å². The van der Waals surface area contributed by atoms with Crippen molar-refractivity contribution in [2.24, 2.45) is 0 Å². The first kappa shape index (κ1) is 36.2. The lowest BCUT2D eigenvalue weighted by Crippen LogP contribution is -2.55. The number of benzene rings is 1. The maximum atomic E-state index is 16.5. The summed E-state index contributed by atoms with van der Waals surface area (Å²) in [5, 5.41) is 0.218. The maximum Gasteiger partial charge on any atom is 0.410 e. The summed E-state index contributed by atoms with van der Waals surface area (Å²) in [6.07, 6.45) is 4.54. The summed E-state index contributed by atoms with van der Waals surface area (Å²) < 4.78 is 45.1. The van der Waals surface area contributed by atoms with Gasteiger partial charge in [-0.25, -0.2) is 27.9 Å². The smallest absolute Gasteiger partial charge is 0.410 e. The molecule has 1 aliphatic rings. The maximum absolute atomic E-state index is 16.5. The van der Waals surface area contributed by atoms with Crippen LogP contribution in [0.2, 0.25) is 0 Å². The SMILES string of the molecule is C=CCC(C)Oc1cccc(F)c1-c1nc2c(cc1F)c(N1CCN(C(=O)OC(C)(C)C)C[C@@H]1C)nc(=O)n2-c1c(C=C)ccnc1C(C)C. The third kappa shape index (κ3) is 7.24. The third-order valence-electron chi connectivity index (χ3n) is 8.37. The van der Waals surface area contributed by atoms with E-state index < -0.39 is 29.0 Å². The number of ether oxygens (including phenoxy) is 2. The Morgan fingerprint density at radius 1 is 1.10 bits per heavy atom. The summed E-state index contributed by atoms with van der Waals surface area (Å²) in [7, 11) is 0. The molecule has 1 aliphatic heterocycles. The van der Waals surface area contributed by atoms with Gasteiger partial charge in [0, 0.05) is 43.9 Å². The van der Waals surface area contributed by atoms with E-state index in [4.69, 9.17) is 14.5 Å². The molecule has 1 saturated heterocycles. The standard InChI is InChI=1S/C38H44F2N6O4/c1-10-13-24(6)49-29-15-12-14-27(39)30(29)32-28(40)20-26-34(45-19-18-44(21-23(45)5)37(48)50-38(7,8)9)43-36(47)46(35(26)42-32)33-25(11-2)16-17-41-31(33)22(3)4/h10-12,14-17,20,22-24H,1-2,13,18-19,21H2,3-9H3/t23-,24?/m0/s1. The number of amides is 1. The predicted octanol–water partition coefficient (Wildman–Crippen LogP) is 7.68.